The summed E-state index contributed by atoms with van der Waals surface area (Å²) in [5.74, 6) is 0. The molecule has 1 aromatic carbocycles. The minimum absolute atomic E-state index is 0.483. The highest BCUT2D eigenvalue weighted by Crippen LogP contribution is 2.17. The molecule has 0 amide bonds. The molecule has 0 radical (unpaired) electrons. The van der Waals surface area contributed by atoms with E-state index in [9.17, 15) is 0 Å². The van der Waals surface area contributed by atoms with Crippen molar-refractivity contribution in [2.75, 3.05) is 0 Å². The van der Waals surface area contributed by atoms with Gasteiger partial charge in [0.05, 0.1) is 15.5 Å². The van der Waals surface area contributed by atoms with Crippen LogP contribution in [0, 0.1) is 10.5 Å². The van der Waals surface area contributed by atoms with Crippen molar-refractivity contribution in [1.82, 2.24) is 15.1 Å². The van der Waals surface area contributed by atoms with Crippen LogP contribution in [-0.2, 0) is 6.54 Å². The summed E-state index contributed by atoms with van der Waals surface area (Å²) in [4.78, 5) is 0. The van der Waals surface area contributed by atoms with Crippen LogP contribution in [0.25, 0.3) is 5.69 Å². The summed E-state index contributed by atoms with van der Waals surface area (Å²) in [5, 5.41) is 7.85. The van der Waals surface area contributed by atoms with Gasteiger partial charge in [0.2, 0.25) is 0 Å². The third-order valence-corrected chi connectivity index (χ3v) is 3.29. The number of hydrogen-bond acceptors (Lipinski definition) is 2. The van der Waals surface area contributed by atoms with Gasteiger partial charge in [-0.1, -0.05) is 31.5 Å². The van der Waals surface area contributed by atoms with Crippen molar-refractivity contribution in [3.05, 3.63) is 45.3 Å². The van der Waals surface area contributed by atoms with Gasteiger partial charge in [-0.25, -0.2) is 4.68 Å². The fourth-order valence-electron chi connectivity index (χ4n) is 1.83. The van der Waals surface area contributed by atoms with Crippen LogP contribution in [0.3, 0.4) is 0 Å². The monoisotopic (exact) mass is 355 g/mol. The molecule has 1 aromatic heterocycles. The third kappa shape index (κ3) is 3.32. The number of nitrogens with one attached hydrogen (secondary N) is 1. The fraction of sp³-hybridized carbons (Fsp3) is 0.357. The largest absolute Gasteiger partial charge is 0.310 e. The molecule has 0 unspecified atom stereocenters. The smallest absolute Gasteiger partial charge is 0.0691 e. The van der Waals surface area contributed by atoms with E-state index in [4.69, 9.17) is 0 Å². The Balaban J connectivity index is 2.34. The number of halogens is 1. The summed E-state index contributed by atoms with van der Waals surface area (Å²) in [6.07, 6.45) is 3.92. The normalized spacial score (nSPS) is 11.2. The lowest BCUT2D eigenvalue weighted by Gasteiger charge is -2.13. The van der Waals surface area contributed by atoms with Gasteiger partial charge in [-0.3, -0.25) is 0 Å². The minimum atomic E-state index is 0.483. The van der Waals surface area contributed by atoms with E-state index in [0.717, 1.165) is 15.8 Å². The molecule has 1 N–H and O–H groups in total. The Labute approximate surface area is 122 Å². The molecule has 0 bridgehead atoms. The van der Waals surface area contributed by atoms with Crippen molar-refractivity contribution < 1.29 is 0 Å². The van der Waals surface area contributed by atoms with Crippen molar-refractivity contribution in [3.8, 4) is 5.69 Å². The summed E-state index contributed by atoms with van der Waals surface area (Å²) in [6, 6.07) is 6.97. The highest BCUT2D eigenvalue weighted by molar-refractivity contribution is 14.1. The number of aryl methyl sites for hydroxylation is 1. The fourth-order valence-corrected chi connectivity index (χ4v) is 2.21. The molecular formula is C14H18IN3. The van der Waals surface area contributed by atoms with Crippen LogP contribution in [0.1, 0.15) is 25.0 Å². The average molecular weight is 355 g/mol. The molecule has 2 rings (SSSR count). The van der Waals surface area contributed by atoms with Gasteiger partial charge in [0, 0.05) is 18.8 Å². The van der Waals surface area contributed by atoms with E-state index in [1.165, 1.54) is 11.1 Å². The second-order valence-corrected chi connectivity index (χ2v) is 6.02. The van der Waals surface area contributed by atoms with E-state index >= 15 is 0 Å². The lowest BCUT2D eigenvalue weighted by molar-refractivity contribution is 0.586. The van der Waals surface area contributed by atoms with Gasteiger partial charge in [0.15, 0.2) is 0 Å². The van der Waals surface area contributed by atoms with Gasteiger partial charge < -0.3 is 5.32 Å². The van der Waals surface area contributed by atoms with Crippen LogP contribution < -0.4 is 5.32 Å². The Kier molecular flexibility index (Phi) is 4.40. The Bertz CT molecular complexity index is 532. The predicted octanol–water partition coefficient (Wildman–Crippen LogP) is 3.28. The first-order valence-corrected chi connectivity index (χ1v) is 7.17. The zero-order valence-electron chi connectivity index (χ0n) is 10.9. The molecule has 0 saturated carbocycles. The lowest BCUT2D eigenvalue weighted by Crippen LogP contribution is -2.22. The van der Waals surface area contributed by atoms with E-state index in [0.29, 0.717) is 6.04 Å². The zero-order chi connectivity index (χ0) is 13.1. The number of hydrogen-bond donors (Lipinski definition) is 1. The van der Waals surface area contributed by atoms with E-state index in [1.54, 1.807) is 0 Å². The zero-order valence-corrected chi connectivity index (χ0v) is 13.1. The Morgan fingerprint density at radius 3 is 2.78 bits per heavy atom. The van der Waals surface area contributed by atoms with Crippen LogP contribution >= 0.6 is 22.6 Å². The summed E-state index contributed by atoms with van der Waals surface area (Å²) in [7, 11) is 0. The Morgan fingerprint density at radius 1 is 1.39 bits per heavy atom. The highest BCUT2D eigenvalue weighted by Gasteiger charge is 2.07. The molecule has 0 aliphatic rings. The van der Waals surface area contributed by atoms with Crippen LogP contribution in [0.15, 0.2) is 30.6 Å². The van der Waals surface area contributed by atoms with Crippen molar-refractivity contribution in [2.45, 2.75) is 33.4 Å². The summed E-state index contributed by atoms with van der Waals surface area (Å²) < 4.78 is 3.09. The first-order chi connectivity index (χ1) is 8.56. The molecule has 2 aromatic rings. The summed E-state index contributed by atoms with van der Waals surface area (Å²) in [5.41, 5.74) is 3.71. The van der Waals surface area contributed by atoms with E-state index in [1.807, 2.05) is 17.1 Å². The van der Waals surface area contributed by atoms with Gasteiger partial charge >= 0.3 is 0 Å². The number of nitrogens with zero attached hydrogens (tertiary/aromatic N) is 2. The highest BCUT2D eigenvalue weighted by atomic mass is 127. The molecular weight excluding hydrogens is 337 g/mol. The van der Waals surface area contributed by atoms with Gasteiger partial charge in [-0.2, -0.15) is 5.10 Å². The Morgan fingerprint density at radius 2 is 2.17 bits per heavy atom. The molecule has 0 saturated heterocycles. The lowest BCUT2D eigenvalue weighted by atomic mass is 10.1. The van der Waals surface area contributed by atoms with Gasteiger partial charge in [-0.15, -0.1) is 0 Å². The topological polar surface area (TPSA) is 29.9 Å². The second kappa shape index (κ2) is 5.84. The third-order valence-electron chi connectivity index (χ3n) is 2.73. The van der Waals surface area contributed by atoms with Crippen LogP contribution in [0.5, 0.6) is 0 Å². The van der Waals surface area contributed by atoms with Gasteiger partial charge in [-0.05, 0) is 41.1 Å². The molecule has 0 aliphatic heterocycles. The molecule has 18 heavy (non-hydrogen) atoms. The first kappa shape index (κ1) is 13.5. The number of benzene rings is 1. The van der Waals surface area contributed by atoms with Crippen LogP contribution in [0.2, 0.25) is 0 Å². The van der Waals surface area contributed by atoms with Crippen LogP contribution in [-0.4, -0.2) is 15.8 Å². The molecule has 96 valence electrons. The molecule has 0 aliphatic carbocycles. The maximum Gasteiger partial charge on any atom is 0.0691 e. The van der Waals surface area contributed by atoms with Gasteiger partial charge in [0.1, 0.15) is 0 Å². The molecule has 1 heterocycles. The van der Waals surface area contributed by atoms with E-state index in [-0.39, 0.29) is 0 Å². The quantitative estimate of drug-likeness (QED) is 0.853. The van der Waals surface area contributed by atoms with Crippen LogP contribution in [0.4, 0.5) is 0 Å². The van der Waals surface area contributed by atoms with Crippen molar-refractivity contribution in [3.63, 3.8) is 0 Å². The summed E-state index contributed by atoms with van der Waals surface area (Å²) >= 11 is 2.28. The number of rotatable bonds is 4. The van der Waals surface area contributed by atoms with Crippen molar-refractivity contribution in [2.24, 2.45) is 0 Å². The SMILES string of the molecule is Cc1ccc(-n2cc(I)cn2)c(CNC(C)C)c1. The maximum absolute atomic E-state index is 4.38. The number of aromatic nitrogens is 2. The van der Waals surface area contributed by atoms with Crippen molar-refractivity contribution >= 4 is 22.6 Å². The summed E-state index contributed by atoms with van der Waals surface area (Å²) in [6.45, 7) is 7.30. The predicted molar refractivity (Wildman–Crippen MR) is 83.0 cm³/mol. The Hall–Kier alpha value is -0.880. The molecule has 3 nitrogen and oxygen atoms in total. The van der Waals surface area contributed by atoms with E-state index < -0.39 is 0 Å². The minimum Gasteiger partial charge on any atom is -0.310 e. The first-order valence-electron chi connectivity index (χ1n) is 6.09. The molecule has 0 atom stereocenters. The molecule has 0 fully saturated rings. The standard InChI is InChI=1S/C14H18IN3/c1-10(2)16-7-12-6-11(3)4-5-14(12)18-9-13(15)8-17-18/h4-6,8-10,16H,7H2,1-3H3. The van der Waals surface area contributed by atoms with Gasteiger partial charge in [0.25, 0.3) is 0 Å². The maximum atomic E-state index is 4.38. The molecule has 0 spiro atoms. The molecule has 4 heteroatoms. The second-order valence-electron chi connectivity index (χ2n) is 4.77. The van der Waals surface area contributed by atoms with E-state index in [2.05, 4.69) is 72.0 Å². The average Bonchev–Trinajstić information content (AvgIpc) is 2.73. The van der Waals surface area contributed by atoms with Crippen molar-refractivity contribution in [1.29, 1.82) is 0 Å².